The molecule has 0 aliphatic heterocycles. The molecule has 0 aliphatic carbocycles. The molecule has 0 aliphatic rings. The minimum Gasteiger partial charge on any atom is -0.575 e. The van der Waals surface area contributed by atoms with Gasteiger partial charge in [0.1, 0.15) is 12.4 Å². The zero-order chi connectivity index (χ0) is 24.4. The van der Waals surface area contributed by atoms with Gasteiger partial charge in [-0.05, 0) is 31.9 Å². The van der Waals surface area contributed by atoms with Crippen LogP contribution in [0.15, 0.2) is 35.2 Å². The number of rotatable bonds is 12. The van der Waals surface area contributed by atoms with Crippen LogP contribution in [0.5, 0.6) is 17.2 Å². The molecule has 1 aromatic carbocycles. The second-order valence-electron chi connectivity index (χ2n) is 7.57. The van der Waals surface area contributed by atoms with E-state index in [1.807, 2.05) is 13.8 Å². The van der Waals surface area contributed by atoms with Crippen LogP contribution < -0.4 is 19.9 Å². The number of hydrogen-bond donors (Lipinski definition) is 2. The van der Waals surface area contributed by atoms with E-state index < -0.39 is 20.2 Å². The molecule has 3 N–H and O–H groups in total. The van der Waals surface area contributed by atoms with Crippen molar-refractivity contribution in [2.45, 2.75) is 59.7 Å². The van der Waals surface area contributed by atoms with Gasteiger partial charge in [-0.15, -0.1) is 0 Å². The second kappa shape index (κ2) is 13.1. The Hall–Kier alpha value is -2.74. The summed E-state index contributed by atoms with van der Waals surface area (Å²) in [4.78, 5) is 28.7. The predicted molar refractivity (Wildman–Crippen MR) is 124 cm³/mol. The van der Waals surface area contributed by atoms with Crippen LogP contribution >= 0.6 is 8.17 Å². The van der Waals surface area contributed by atoms with E-state index in [1.165, 1.54) is 6.92 Å². The summed E-state index contributed by atoms with van der Waals surface area (Å²) in [6.45, 7) is 7.78. The SMILES string of the molecule is CCC(CC)COC(=O)C(C)/N=[P+](\[O-])Oc1ccccc1OCc1cnc(C)c(O)c1CN. The van der Waals surface area contributed by atoms with Gasteiger partial charge in [0.15, 0.2) is 11.8 Å². The third kappa shape index (κ3) is 7.67. The van der Waals surface area contributed by atoms with Crippen LogP contribution in [0.1, 0.15) is 50.4 Å². The van der Waals surface area contributed by atoms with Crippen molar-refractivity contribution in [2.24, 2.45) is 16.4 Å². The minimum atomic E-state index is -2.54. The highest BCUT2D eigenvalue weighted by Gasteiger charge is 2.21. The largest absolute Gasteiger partial charge is 0.575 e. The molecule has 9 nitrogen and oxygen atoms in total. The molecule has 0 fully saturated rings. The standard InChI is InChI=1S/C23H32N3O6P/c1-5-17(6-2)13-31-23(28)16(4)26-33(29)32-21-10-8-7-9-20(21)30-14-18-12-25-15(3)22(27)19(18)11-24/h7-10,12,16-17,27H,5-6,11,13-14,24H2,1-4H3. The van der Waals surface area contributed by atoms with Gasteiger partial charge in [-0.25, -0.2) is 4.79 Å². The fraction of sp³-hybridized carbons (Fsp3) is 0.478. The van der Waals surface area contributed by atoms with E-state index in [-0.39, 0.29) is 24.7 Å². The monoisotopic (exact) mass is 477 g/mol. The average Bonchev–Trinajstić information content (AvgIpc) is 2.81. The lowest BCUT2D eigenvalue weighted by atomic mass is 10.1. The van der Waals surface area contributed by atoms with Crippen molar-refractivity contribution in [3.63, 3.8) is 0 Å². The Labute approximate surface area is 195 Å². The number of para-hydroxylation sites is 2. The Balaban J connectivity index is 2.05. The molecule has 10 heteroatoms. The van der Waals surface area contributed by atoms with Crippen LogP contribution in [0.3, 0.4) is 0 Å². The van der Waals surface area contributed by atoms with Crippen molar-refractivity contribution in [1.82, 2.24) is 4.98 Å². The smallest absolute Gasteiger partial charge is 0.395 e. The van der Waals surface area contributed by atoms with Gasteiger partial charge in [-0.2, -0.15) is 0 Å². The van der Waals surface area contributed by atoms with Gasteiger partial charge in [-0.3, -0.25) is 9.51 Å². The molecule has 0 amide bonds. The molecule has 0 bridgehead atoms. The first-order valence-corrected chi connectivity index (χ1v) is 12.0. The van der Waals surface area contributed by atoms with Gasteiger partial charge in [0, 0.05) is 23.9 Å². The molecule has 2 unspecified atom stereocenters. The lowest BCUT2D eigenvalue weighted by Crippen LogP contribution is -2.21. The number of esters is 1. The predicted octanol–water partition coefficient (Wildman–Crippen LogP) is 3.74. The lowest BCUT2D eigenvalue weighted by Gasteiger charge is -2.14. The summed E-state index contributed by atoms with van der Waals surface area (Å²) >= 11 is 0. The molecular weight excluding hydrogens is 445 g/mol. The third-order valence-electron chi connectivity index (χ3n) is 5.27. The molecule has 1 heterocycles. The molecule has 0 radical (unpaired) electrons. The van der Waals surface area contributed by atoms with Crippen LogP contribution in [0.2, 0.25) is 0 Å². The first kappa shape index (κ1) is 26.5. The Kier molecular flexibility index (Phi) is 10.5. The van der Waals surface area contributed by atoms with Gasteiger partial charge in [0.25, 0.3) is 0 Å². The Bertz CT molecular complexity index is 965. The number of nitrogens with two attached hydrogens (primary N) is 1. The quantitative estimate of drug-likeness (QED) is 0.348. The fourth-order valence-corrected chi connectivity index (χ4v) is 3.72. The maximum atomic E-state index is 12.4. The molecule has 0 saturated carbocycles. The minimum absolute atomic E-state index is 0.0371. The van der Waals surface area contributed by atoms with E-state index in [9.17, 15) is 14.8 Å². The van der Waals surface area contributed by atoms with Crippen LogP contribution in [0.4, 0.5) is 0 Å². The molecule has 0 spiro atoms. The molecule has 2 aromatic rings. The van der Waals surface area contributed by atoms with Gasteiger partial charge in [0.2, 0.25) is 5.75 Å². The van der Waals surface area contributed by atoms with E-state index in [0.29, 0.717) is 35.1 Å². The van der Waals surface area contributed by atoms with Crippen molar-refractivity contribution in [3.05, 3.63) is 47.3 Å². The highest BCUT2D eigenvalue weighted by atomic mass is 31.1. The summed E-state index contributed by atoms with van der Waals surface area (Å²) in [7, 11) is -2.54. The average molecular weight is 477 g/mol. The first-order chi connectivity index (χ1) is 15.8. The van der Waals surface area contributed by atoms with E-state index in [4.69, 9.17) is 19.7 Å². The molecule has 2 atom stereocenters. The lowest BCUT2D eigenvalue weighted by molar-refractivity contribution is -0.169. The Morgan fingerprint density at radius 1 is 1.27 bits per heavy atom. The second-order valence-corrected chi connectivity index (χ2v) is 8.46. The number of carbonyl (C=O) groups is 1. The number of benzene rings is 1. The maximum absolute atomic E-state index is 12.4. The van der Waals surface area contributed by atoms with Crippen LogP contribution in [-0.4, -0.2) is 28.7 Å². The number of carbonyl (C=O) groups excluding carboxylic acids is 1. The molecule has 0 saturated heterocycles. The molecular formula is C23H32N3O6P. The fourth-order valence-electron chi connectivity index (χ4n) is 2.98. The Morgan fingerprint density at radius 2 is 1.94 bits per heavy atom. The number of aromatic hydroxyl groups is 1. The van der Waals surface area contributed by atoms with Crippen molar-refractivity contribution >= 4 is 14.1 Å². The zero-order valence-corrected chi connectivity index (χ0v) is 20.4. The third-order valence-corrected chi connectivity index (χ3v) is 6.16. The van der Waals surface area contributed by atoms with Gasteiger partial charge in [0.05, 0.1) is 12.3 Å². The number of ether oxygens (including phenoxy) is 2. The van der Waals surface area contributed by atoms with E-state index in [2.05, 4.69) is 9.73 Å². The summed E-state index contributed by atoms with van der Waals surface area (Å²) in [5.41, 5.74) is 7.40. The highest BCUT2D eigenvalue weighted by Crippen LogP contribution is 2.34. The molecule has 33 heavy (non-hydrogen) atoms. The van der Waals surface area contributed by atoms with Crippen LogP contribution in [-0.2, 0) is 22.7 Å². The molecule has 180 valence electrons. The van der Waals surface area contributed by atoms with Crippen molar-refractivity contribution in [1.29, 1.82) is 0 Å². The summed E-state index contributed by atoms with van der Waals surface area (Å²) in [6, 6.07) is 5.74. The van der Waals surface area contributed by atoms with E-state index in [0.717, 1.165) is 12.8 Å². The number of pyridine rings is 1. The van der Waals surface area contributed by atoms with E-state index >= 15 is 0 Å². The molecule has 1 aromatic heterocycles. The highest BCUT2D eigenvalue weighted by molar-refractivity contribution is 7.34. The molecule has 2 rings (SSSR count). The Morgan fingerprint density at radius 3 is 2.58 bits per heavy atom. The van der Waals surface area contributed by atoms with Gasteiger partial charge in [-0.1, -0.05) is 43.6 Å². The maximum Gasteiger partial charge on any atom is 0.395 e. The summed E-state index contributed by atoms with van der Waals surface area (Å²) in [6.07, 6.45) is 3.41. The van der Waals surface area contributed by atoms with Gasteiger partial charge >= 0.3 is 14.1 Å². The summed E-state index contributed by atoms with van der Waals surface area (Å²) in [5, 5.41) is 10.2. The van der Waals surface area contributed by atoms with Crippen LogP contribution in [0.25, 0.3) is 0 Å². The number of aryl methyl sites for hydroxylation is 1. The van der Waals surface area contributed by atoms with E-state index in [1.54, 1.807) is 37.4 Å². The zero-order valence-electron chi connectivity index (χ0n) is 19.5. The van der Waals surface area contributed by atoms with Crippen molar-refractivity contribution in [3.8, 4) is 17.2 Å². The topological polar surface area (TPSA) is 139 Å². The normalized spacial score (nSPS) is 12.5. The van der Waals surface area contributed by atoms with Gasteiger partial charge < -0.3 is 25.2 Å². The first-order valence-electron chi connectivity index (χ1n) is 10.9. The van der Waals surface area contributed by atoms with Crippen molar-refractivity contribution < 1.29 is 28.8 Å². The van der Waals surface area contributed by atoms with Crippen molar-refractivity contribution in [2.75, 3.05) is 6.61 Å². The number of aromatic nitrogens is 1. The summed E-state index contributed by atoms with van der Waals surface area (Å²) < 4.78 is 20.4. The summed E-state index contributed by atoms with van der Waals surface area (Å²) in [5.74, 6) is 0.316. The van der Waals surface area contributed by atoms with Crippen LogP contribution in [0, 0.1) is 12.8 Å². The number of hydrogen-bond acceptors (Lipinski definition) is 9. The number of nitrogens with zero attached hydrogens (tertiary/aromatic N) is 2.